The van der Waals surface area contributed by atoms with Crippen LogP contribution in [0.1, 0.15) is 29.7 Å². The van der Waals surface area contributed by atoms with Crippen molar-refractivity contribution >= 4 is 11.0 Å². The lowest BCUT2D eigenvalue weighted by atomic mass is 9.95. The third-order valence-electron chi connectivity index (χ3n) is 4.91. The second-order valence-electron chi connectivity index (χ2n) is 6.26. The summed E-state index contributed by atoms with van der Waals surface area (Å²) >= 11 is 0. The maximum Gasteiger partial charge on any atom is 0.133 e. The molecule has 0 aliphatic carbocycles. The zero-order valence-electron chi connectivity index (χ0n) is 13.0. The molecule has 2 atom stereocenters. The maximum atomic E-state index is 10.8. The molecule has 0 saturated heterocycles. The molecule has 4 aromatic rings. The predicted octanol–water partition coefficient (Wildman–Crippen LogP) is 4.32. The topological polar surface area (TPSA) is 51.2 Å². The first-order chi connectivity index (χ1) is 11.8. The smallest absolute Gasteiger partial charge is 0.133 e. The van der Waals surface area contributed by atoms with E-state index in [2.05, 4.69) is 27.8 Å². The Bertz CT molecular complexity index is 1030. The lowest BCUT2D eigenvalue weighted by molar-refractivity contribution is 0.154. The van der Waals surface area contributed by atoms with Gasteiger partial charge in [0.2, 0.25) is 0 Å². The molecule has 0 radical (unpaired) electrons. The fraction of sp³-hybridized carbons (Fsp3) is 0.150. The lowest BCUT2D eigenvalue weighted by Crippen LogP contribution is -2.10. The van der Waals surface area contributed by atoms with Crippen molar-refractivity contribution in [2.45, 2.75) is 18.6 Å². The Hall–Kier alpha value is -2.85. The quantitative estimate of drug-likeness (QED) is 0.612. The van der Waals surface area contributed by atoms with Crippen LogP contribution in [0.2, 0.25) is 0 Å². The Labute approximate surface area is 139 Å². The molecule has 4 nitrogen and oxygen atoms in total. The van der Waals surface area contributed by atoms with Gasteiger partial charge in [-0.05, 0) is 29.3 Å². The Balaban J connectivity index is 1.51. The first-order valence-corrected chi connectivity index (χ1v) is 8.07. The number of imidazole rings is 1. The van der Waals surface area contributed by atoms with E-state index in [4.69, 9.17) is 4.42 Å². The Morgan fingerprint density at radius 1 is 1.17 bits per heavy atom. The van der Waals surface area contributed by atoms with Crippen LogP contribution in [0.15, 0.2) is 71.7 Å². The molecule has 1 aliphatic rings. The summed E-state index contributed by atoms with van der Waals surface area (Å²) < 4.78 is 7.53. The van der Waals surface area contributed by atoms with E-state index in [1.165, 1.54) is 11.1 Å². The van der Waals surface area contributed by atoms with Crippen LogP contribution in [0.4, 0.5) is 0 Å². The van der Waals surface area contributed by atoms with Crippen molar-refractivity contribution in [2.24, 2.45) is 0 Å². The van der Waals surface area contributed by atoms with Crippen molar-refractivity contribution < 1.29 is 9.52 Å². The molecule has 2 aromatic carbocycles. The van der Waals surface area contributed by atoms with Gasteiger partial charge in [-0.15, -0.1) is 0 Å². The number of aromatic nitrogens is 2. The molecular formula is C20H16N2O2. The summed E-state index contributed by atoms with van der Waals surface area (Å²) in [5.74, 6) is 0. The third-order valence-corrected chi connectivity index (χ3v) is 4.91. The Kier molecular flexibility index (Phi) is 2.87. The van der Waals surface area contributed by atoms with Gasteiger partial charge in [-0.1, -0.05) is 30.3 Å². The minimum atomic E-state index is -0.546. The summed E-state index contributed by atoms with van der Waals surface area (Å²) in [7, 11) is 0. The average molecular weight is 316 g/mol. The van der Waals surface area contributed by atoms with Gasteiger partial charge in [-0.25, -0.2) is 4.98 Å². The first kappa shape index (κ1) is 13.6. The molecular weight excluding hydrogens is 300 g/mol. The highest BCUT2D eigenvalue weighted by Gasteiger charge is 2.30. The van der Waals surface area contributed by atoms with Gasteiger partial charge < -0.3 is 14.1 Å². The second kappa shape index (κ2) is 5.08. The number of fused-ring (bicyclic) bond motifs is 4. The lowest BCUT2D eigenvalue weighted by Gasteiger charge is -2.19. The average Bonchev–Trinajstić information content (AvgIpc) is 3.31. The summed E-state index contributed by atoms with van der Waals surface area (Å²) in [6, 6.07) is 16.2. The normalized spacial score (nSPS) is 17.0. The third kappa shape index (κ3) is 1.93. The number of aliphatic hydroxyl groups excluding tert-OH is 1. The first-order valence-electron chi connectivity index (χ1n) is 8.07. The summed E-state index contributed by atoms with van der Waals surface area (Å²) in [6.45, 7) is 0. The van der Waals surface area contributed by atoms with E-state index >= 15 is 0 Å². The highest BCUT2D eigenvalue weighted by Crippen LogP contribution is 2.43. The van der Waals surface area contributed by atoms with E-state index in [-0.39, 0.29) is 6.04 Å². The predicted molar refractivity (Wildman–Crippen MR) is 91.6 cm³/mol. The number of hydrogen-bond donors (Lipinski definition) is 1. The summed E-state index contributed by atoms with van der Waals surface area (Å²) in [6.07, 6.45) is 5.49. The highest BCUT2D eigenvalue weighted by atomic mass is 16.3. The number of hydrogen-bond acceptors (Lipinski definition) is 3. The Morgan fingerprint density at radius 2 is 2.08 bits per heavy atom. The minimum Gasteiger partial charge on any atom is -0.464 e. The van der Waals surface area contributed by atoms with Gasteiger partial charge in [0.25, 0.3) is 0 Å². The van der Waals surface area contributed by atoms with Crippen LogP contribution in [0, 0.1) is 0 Å². The number of aliphatic hydroxyl groups is 1. The molecule has 4 heteroatoms. The van der Waals surface area contributed by atoms with E-state index in [1.807, 2.05) is 42.9 Å². The van der Waals surface area contributed by atoms with Gasteiger partial charge >= 0.3 is 0 Å². The van der Waals surface area contributed by atoms with Crippen LogP contribution in [0.25, 0.3) is 22.2 Å². The molecule has 1 aliphatic heterocycles. The van der Waals surface area contributed by atoms with Crippen LogP contribution >= 0.6 is 0 Å². The number of furan rings is 1. The number of benzene rings is 2. The number of rotatable bonds is 3. The summed E-state index contributed by atoms with van der Waals surface area (Å²) in [5.41, 5.74) is 5.33. The van der Waals surface area contributed by atoms with E-state index in [0.29, 0.717) is 6.42 Å². The van der Waals surface area contributed by atoms with Gasteiger partial charge in [-0.3, -0.25) is 0 Å². The summed E-state index contributed by atoms with van der Waals surface area (Å²) in [4.78, 5) is 4.28. The minimum absolute atomic E-state index is 0.105. The van der Waals surface area contributed by atoms with Gasteiger partial charge in [0.05, 0.1) is 36.6 Å². The molecule has 0 spiro atoms. The van der Waals surface area contributed by atoms with Crippen molar-refractivity contribution in [1.29, 1.82) is 0 Å². The van der Waals surface area contributed by atoms with Crippen LogP contribution in [0.5, 0.6) is 0 Å². The molecule has 24 heavy (non-hydrogen) atoms. The van der Waals surface area contributed by atoms with Crippen molar-refractivity contribution in [3.8, 4) is 11.3 Å². The van der Waals surface area contributed by atoms with E-state index in [9.17, 15) is 5.11 Å². The molecule has 0 fully saturated rings. The van der Waals surface area contributed by atoms with E-state index in [0.717, 1.165) is 22.2 Å². The summed E-state index contributed by atoms with van der Waals surface area (Å²) in [5, 5.41) is 11.8. The standard InChI is InChI=1S/C20H16N2O2/c23-19(13-5-6-20-14(9-13)7-8-24-20)10-17-15-3-1-2-4-16(15)18-11-21-12-22(17)18/h1-9,11-12,17,19,23H,10H2/t17-,19+/m1/s1. The van der Waals surface area contributed by atoms with Crippen molar-refractivity contribution in [3.05, 3.63) is 78.4 Å². The molecule has 0 unspecified atom stereocenters. The molecule has 0 bridgehead atoms. The highest BCUT2D eigenvalue weighted by molar-refractivity contribution is 5.77. The zero-order valence-corrected chi connectivity index (χ0v) is 13.0. The molecule has 0 amide bonds. The Morgan fingerprint density at radius 3 is 3.04 bits per heavy atom. The van der Waals surface area contributed by atoms with Gasteiger partial charge in [0.15, 0.2) is 0 Å². The van der Waals surface area contributed by atoms with Crippen LogP contribution < -0.4 is 0 Å². The second-order valence-corrected chi connectivity index (χ2v) is 6.26. The largest absolute Gasteiger partial charge is 0.464 e. The fourth-order valence-electron chi connectivity index (χ4n) is 3.71. The van der Waals surface area contributed by atoms with Gasteiger partial charge in [0, 0.05) is 17.4 Å². The van der Waals surface area contributed by atoms with Crippen molar-refractivity contribution in [3.63, 3.8) is 0 Å². The monoisotopic (exact) mass is 316 g/mol. The molecule has 0 saturated carbocycles. The molecule has 3 heterocycles. The van der Waals surface area contributed by atoms with Crippen LogP contribution in [-0.4, -0.2) is 14.7 Å². The van der Waals surface area contributed by atoms with Crippen molar-refractivity contribution in [1.82, 2.24) is 9.55 Å². The SMILES string of the molecule is O[C@@H](C[C@@H]1c2ccccc2-c2cncn21)c1ccc2occc2c1. The van der Waals surface area contributed by atoms with Gasteiger partial charge in [-0.2, -0.15) is 0 Å². The van der Waals surface area contributed by atoms with E-state index < -0.39 is 6.10 Å². The van der Waals surface area contributed by atoms with Crippen LogP contribution in [0.3, 0.4) is 0 Å². The van der Waals surface area contributed by atoms with Crippen LogP contribution in [-0.2, 0) is 0 Å². The fourth-order valence-corrected chi connectivity index (χ4v) is 3.71. The zero-order chi connectivity index (χ0) is 16.1. The van der Waals surface area contributed by atoms with Crippen molar-refractivity contribution in [2.75, 3.05) is 0 Å². The molecule has 1 N–H and O–H groups in total. The number of nitrogens with zero attached hydrogens (tertiary/aromatic N) is 2. The van der Waals surface area contributed by atoms with E-state index in [1.54, 1.807) is 6.26 Å². The van der Waals surface area contributed by atoms with Gasteiger partial charge in [0.1, 0.15) is 5.58 Å². The molecule has 118 valence electrons. The molecule has 2 aromatic heterocycles. The maximum absolute atomic E-state index is 10.8. The molecule has 5 rings (SSSR count).